The molecule has 1 aromatic carbocycles. The van der Waals surface area contributed by atoms with E-state index in [9.17, 15) is 4.79 Å². The van der Waals surface area contributed by atoms with Crippen LogP contribution in [0.4, 0.5) is 5.69 Å². The van der Waals surface area contributed by atoms with E-state index in [4.69, 9.17) is 5.26 Å². The lowest BCUT2D eigenvalue weighted by Gasteiger charge is -2.04. The summed E-state index contributed by atoms with van der Waals surface area (Å²) in [7, 11) is 0. The van der Waals surface area contributed by atoms with Crippen LogP contribution >= 0.6 is 11.8 Å². The van der Waals surface area contributed by atoms with Crippen LogP contribution in [0.2, 0.25) is 0 Å². The Hall–Kier alpha value is -2.00. The summed E-state index contributed by atoms with van der Waals surface area (Å²) in [4.78, 5) is 15.0. The SMILES string of the molecule is CSC(=Nc1ccc(CCNC(C)=O)cc1)NC#N. The molecule has 1 amide bonds. The van der Waals surface area contributed by atoms with Crippen LogP contribution in [0.25, 0.3) is 0 Å². The fourth-order valence-electron chi connectivity index (χ4n) is 1.41. The molecule has 5 nitrogen and oxygen atoms in total. The second-order valence-corrected chi connectivity index (χ2v) is 4.55. The van der Waals surface area contributed by atoms with Crippen molar-refractivity contribution in [2.24, 2.45) is 4.99 Å². The zero-order valence-electron chi connectivity index (χ0n) is 10.9. The summed E-state index contributed by atoms with van der Waals surface area (Å²) >= 11 is 1.38. The number of amidine groups is 1. The molecule has 0 saturated heterocycles. The molecule has 0 fully saturated rings. The van der Waals surface area contributed by atoms with E-state index in [0.717, 1.165) is 17.7 Å². The van der Waals surface area contributed by atoms with Gasteiger partial charge in [0.2, 0.25) is 5.91 Å². The Morgan fingerprint density at radius 3 is 2.63 bits per heavy atom. The lowest BCUT2D eigenvalue weighted by Crippen LogP contribution is -2.22. The van der Waals surface area contributed by atoms with Crippen LogP contribution in [0.1, 0.15) is 12.5 Å². The summed E-state index contributed by atoms with van der Waals surface area (Å²) < 4.78 is 0. The first-order valence-electron chi connectivity index (χ1n) is 5.77. The number of carbonyl (C=O) groups excluding carboxylic acids is 1. The quantitative estimate of drug-likeness (QED) is 0.380. The first kappa shape index (κ1) is 15.1. The second-order valence-electron chi connectivity index (χ2n) is 3.76. The zero-order chi connectivity index (χ0) is 14.1. The van der Waals surface area contributed by atoms with Crippen molar-refractivity contribution in [3.8, 4) is 6.19 Å². The molecular weight excluding hydrogens is 260 g/mol. The lowest BCUT2D eigenvalue weighted by atomic mass is 10.1. The molecule has 19 heavy (non-hydrogen) atoms. The minimum absolute atomic E-state index is 0.0200. The van der Waals surface area contributed by atoms with Crippen LogP contribution in [-0.4, -0.2) is 23.9 Å². The van der Waals surface area contributed by atoms with Gasteiger partial charge in [0.05, 0.1) is 5.69 Å². The molecule has 0 radical (unpaired) electrons. The Morgan fingerprint density at radius 2 is 2.11 bits per heavy atom. The van der Waals surface area contributed by atoms with Gasteiger partial charge in [0.15, 0.2) is 11.4 Å². The molecule has 0 aliphatic heterocycles. The molecule has 0 atom stereocenters. The summed E-state index contributed by atoms with van der Waals surface area (Å²) in [6, 6.07) is 7.70. The van der Waals surface area contributed by atoms with Gasteiger partial charge in [-0.3, -0.25) is 10.1 Å². The number of thioether (sulfide) groups is 1. The van der Waals surface area contributed by atoms with Crippen molar-refractivity contribution in [2.45, 2.75) is 13.3 Å². The lowest BCUT2D eigenvalue weighted by molar-refractivity contribution is -0.118. The first-order chi connectivity index (χ1) is 9.15. The van der Waals surface area contributed by atoms with Gasteiger partial charge >= 0.3 is 0 Å². The highest BCUT2D eigenvalue weighted by molar-refractivity contribution is 8.13. The van der Waals surface area contributed by atoms with E-state index in [1.165, 1.54) is 18.7 Å². The van der Waals surface area contributed by atoms with Gasteiger partial charge in [-0.25, -0.2) is 4.99 Å². The molecule has 1 rings (SSSR count). The van der Waals surface area contributed by atoms with Gasteiger partial charge in [-0.15, -0.1) is 0 Å². The number of nitrogens with one attached hydrogen (secondary N) is 2. The number of benzene rings is 1. The van der Waals surface area contributed by atoms with Crippen molar-refractivity contribution in [1.82, 2.24) is 10.6 Å². The third-order valence-electron chi connectivity index (χ3n) is 2.31. The van der Waals surface area contributed by atoms with Gasteiger partial charge in [0.25, 0.3) is 0 Å². The number of aliphatic imine (C=N–C) groups is 1. The minimum atomic E-state index is -0.0200. The predicted octanol–water partition coefficient (Wildman–Crippen LogP) is 1.79. The van der Waals surface area contributed by atoms with E-state index in [0.29, 0.717) is 11.7 Å². The molecule has 0 spiro atoms. The number of carbonyl (C=O) groups is 1. The van der Waals surface area contributed by atoms with Crippen molar-refractivity contribution >= 4 is 28.5 Å². The molecule has 0 unspecified atom stereocenters. The monoisotopic (exact) mass is 276 g/mol. The Labute approximate surface area is 117 Å². The number of nitrogens with zero attached hydrogens (tertiary/aromatic N) is 2. The molecular formula is C13H16N4OS. The second kappa shape index (κ2) is 8.16. The highest BCUT2D eigenvalue weighted by atomic mass is 32.2. The molecule has 2 N–H and O–H groups in total. The van der Waals surface area contributed by atoms with Gasteiger partial charge in [0, 0.05) is 13.5 Å². The number of rotatable bonds is 4. The minimum Gasteiger partial charge on any atom is -0.356 e. The van der Waals surface area contributed by atoms with E-state index >= 15 is 0 Å². The number of amides is 1. The third kappa shape index (κ3) is 5.93. The van der Waals surface area contributed by atoms with Gasteiger partial charge in [-0.1, -0.05) is 23.9 Å². The maximum Gasteiger partial charge on any atom is 0.216 e. The highest BCUT2D eigenvalue weighted by Gasteiger charge is 1.98. The van der Waals surface area contributed by atoms with Gasteiger partial charge in [0.1, 0.15) is 0 Å². The van der Waals surface area contributed by atoms with Gasteiger partial charge in [-0.05, 0) is 30.4 Å². The molecule has 0 heterocycles. The van der Waals surface area contributed by atoms with Crippen molar-refractivity contribution in [3.05, 3.63) is 29.8 Å². The van der Waals surface area contributed by atoms with Crippen LogP contribution in [0.15, 0.2) is 29.3 Å². The Balaban J connectivity index is 2.61. The fraction of sp³-hybridized carbons (Fsp3) is 0.308. The topological polar surface area (TPSA) is 77.3 Å². The van der Waals surface area contributed by atoms with Gasteiger partial charge < -0.3 is 5.32 Å². The largest absolute Gasteiger partial charge is 0.356 e. The Bertz CT molecular complexity index is 490. The van der Waals surface area contributed by atoms with Crippen LogP contribution < -0.4 is 10.6 Å². The van der Waals surface area contributed by atoms with E-state index < -0.39 is 0 Å². The first-order valence-corrected chi connectivity index (χ1v) is 6.99. The van der Waals surface area contributed by atoms with Crippen LogP contribution in [0.3, 0.4) is 0 Å². The predicted molar refractivity (Wildman–Crippen MR) is 78.2 cm³/mol. The molecule has 1 aromatic rings. The van der Waals surface area contributed by atoms with Crippen LogP contribution in [0.5, 0.6) is 0 Å². The van der Waals surface area contributed by atoms with Crippen molar-refractivity contribution < 1.29 is 4.79 Å². The molecule has 6 heteroatoms. The summed E-state index contributed by atoms with van der Waals surface area (Å²) in [5, 5.41) is 14.4. The molecule has 0 saturated carbocycles. The summed E-state index contributed by atoms with van der Waals surface area (Å²) in [6.45, 7) is 2.13. The standard InChI is InChI=1S/C13H16N4OS/c1-10(18)15-8-7-11-3-5-12(6-4-11)17-13(19-2)16-9-14/h3-6H,7-8H2,1-2H3,(H,15,18)(H,16,17). The van der Waals surface area contributed by atoms with Crippen molar-refractivity contribution in [3.63, 3.8) is 0 Å². The molecule has 100 valence electrons. The van der Waals surface area contributed by atoms with Gasteiger partial charge in [-0.2, -0.15) is 5.26 Å². The summed E-state index contributed by atoms with van der Waals surface area (Å²) in [6.07, 6.45) is 4.49. The molecule has 0 bridgehead atoms. The van der Waals surface area contributed by atoms with E-state index in [1.54, 1.807) is 0 Å². The maximum atomic E-state index is 10.7. The van der Waals surface area contributed by atoms with Crippen molar-refractivity contribution in [1.29, 1.82) is 5.26 Å². The molecule has 0 aliphatic carbocycles. The average molecular weight is 276 g/mol. The molecule has 0 aromatic heterocycles. The highest BCUT2D eigenvalue weighted by Crippen LogP contribution is 2.15. The maximum absolute atomic E-state index is 10.7. The molecule has 0 aliphatic rings. The van der Waals surface area contributed by atoms with Crippen LogP contribution in [0, 0.1) is 11.5 Å². The number of hydrogen-bond donors (Lipinski definition) is 2. The Morgan fingerprint density at radius 1 is 1.42 bits per heavy atom. The van der Waals surface area contributed by atoms with E-state index in [-0.39, 0.29) is 5.91 Å². The number of nitriles is 1. The summed E-state index contributed by atoms with van der Waals surface area (Å²) in [5.41, 5.74) is 1.92. The van der Waals surface area contributed by atoms with E-state index in [1.807, 2.05) is 36.7 Å². The zero-order valence-corrected chi connectivity index (χ0v) is 11.8. The van der Waals surface area contributed by atoms with Crippen LogP contribution in [-0.2, 0) is 11.2 Å². The van der Waals surface area contributed by atoms with Crippen molar-refractivity contribution in [2.75, 3.05) is 12.8 Å². The fourth-order valence-corrected chi connectivity index (χ4v) is 1.75. The average Bonchev–Trinajstić information content (AvgIpc) is 2.39. The number of hydrogen-bond acceptors (Lipinski definition) is 4. The van der Waals surface area contributed by atoms with E-state index in [2.05, 4.69) is 15.6 Å². The summed E-state index contributed by atoms with van der Waals surface area (Å²) in [5.74, 6) is -0.0200. The smallest absolute Gasteiger partial charge is 0.216 e. The Kier molecular flexibility index (Phi) is 6.47. The third-order valence-corrected chi connectivity index (χ3v) is 2.89. The normalized spacial score (nSPS) is 10.7.